The molecule has 0 radical (unpaired) electrons. The zero-order chi connectivity index (χ0) is 12.6. The standard InChI is InChI=1S/C13H23N3O/c1-4-6-9-15-12(14-5-2)16-11-13(3)8-7-10-17-13/h1H,5-11H2,2-3H3,(H2,14,15,16). The zero-order valence-corrected chi connectivity index (χ0v) is 10.9. The van der Waals surface area contributed by atoms with E-state index < -0.39 is 0 Å². The lowest BCUT2D eigenvalue weighted by Gasteiger charge is -2.21. The van der Waals surface area contributed by atoms with Crippen LogP contribution in [0.25, 0.3) is 0 Å². The molecular formula is C13H23N3O. The van der Waals surface area contributed by atoms with Crippen molar-refractivity contribution in [3.05, 3.63) is 0 Å². The monoisotopic (exact) mass is 237 g/mol. The Balaban J connectivity index is 2.42. The average molecular weight is 237 g/mol. The van der Waals surface area contributed by atoms with E-state index in [1.54, 1.807) is 0 Å². The van der Waals surface area contributed by atoms with E-state index in [2.05, 4.69) is 28.5 Å². The van der Waals surface area contributed by atoms with Crippen LogP contribution in [0.1, 0.15) is 33.1 Å². The van der Waals surface area contributed by atoms with Crippen LogP contribution in [0, 0.1) is 12.3 Å². The maximum atomic E-state index is 5.70. The predicted octanol–water partition coefficient (Wildman–Crippen LogP) is 1.13. The quantitative estimate of drug-likeness (QED) is 0.326. The first-order valence-corrected chi connectivity index (χ1v) is 6.30. The highest BCUT2D eigenvalue weighted by molar-refractivity contribution is 5.79. The molecule has 17 heavy (non-hydrogen) atoms. The molecule has 1 heterocycles. The lowest BCUT2D eigenvalue weighted by Crippen LogP contribution is -2.39. The maximum Gasteiger partial charge on any atom is 0.191 e. The molecule has 0 spiro atoms. The largest absolute Gasteiger partial charge is 0.373 e. The molecule has 4 heteroatoms. The Morgan fingerprint density at radius 2 is 2.35 bits per heavy atom. The van der Waals surface area contributed by atoms with E-state index in [0.717, 1.165) is 38.5 Å². The summed E-state index contributed by atoms with van der Waals surface area (Å²) in [4.78, 5) is 4.54. The SMILES string of the molecule is C#CCCNC(=NCC1(C)CCCO1)NCC. The topological polar surface area (TPSA) is 45.7 Å². The molecule has 96 valence electrons. The first-order chi connectivity index (χ1) is 8.20. The van der Waals surface area contributed by atoms with Gasteiger partial charge in [-0.2, -0.15) is 0 Å². The lowest BCUT2D eigenvalue weighted by molar-refractivity contribution is 0.0283. The van der Waals surface area contributed by atoms with Gasteiger partial charge in [0.25, 0.3) is 0 Å². The van der Waals surface area contributed by atoms with E-state index in [0.29, 0.717) is 13.0 Å². The molecule has 1 unspecified atom stereocenters. The average Bonchev–Trinajstić information content (AvgIpc) is 2.74. The summed E-state index contributed by atoms with van der Waals surface area (Å²) in [5.41, 5.74) is -0.0888. The Hall–Kier alpha value is -1.21. The lowest BCUT2D eigenvalue weighted by atomic mass is 10.0. The molecule has 0 aromatic carbocycles. The highest BCUT2D eigenvalue weighted by Gasteiger charge is 2.29. The number of rotatable bonds is 5. The molecule has 1 atom stereocenters. The number of nitrogens with one attached hydrogen (secondary N) is 2. The fourth-order valence-electron chi connectivity index (χ4n) is 1.80. The molecule has 0 aromatic rings. The minimum absolute atomic E-state index is 0.0888. The number of terminal acetylenes is 1. The van der Waals surface area contributed by atoms with Crippen LogP contribution in [-0.4, -0.2) is 37.8 Å². The van der Waals surface area contributed by atoms with Gasteiger partial charge in [0.1, 0.15) is 0 Å². The summed E-state index contributed by atoms with van der Waals surface area (Å²) in [6.07, 6.45) is 8.14. The number of hydrogen-bond donors (Lipinski definition) is 2. The Morgan fingerprint density at radius 3 is 2.94 bits per heavy atom. The van der Waals surface area contributed by atoms with Crippen LogP contribution in [0.3, 0.4) is 0 Å². The smallest absolute Gasteiger partial charge is 0.191 e. The molecule has 1 saturated heterocycles. The van der Waals surface area contributed by atoms with E-state index in [4.69, 9.17) is 11.2 Å². The van der Waals surface area contributed by atoms with Crippen LogP contribution in [0.4, 0.5) is 0 Å². The first-order valence-electron chi connectivity index (χ1n) is 6.30. The molecular weight excluding hydrogens is 214 g/mol. The Labute approximate surface area is 104 Å². The number of hydrogen-bond acceptors (Lipinski definition) is 2. The van der Waals surface area contributed by atoms with Gasteiger partial charge in [-0.3, -0.25) is 4.99 Å². The van der Waals surface area contributed by atoms with Crippen molar-refractivity contribution in [2.75, 3.05) is 26.2 Å². The van der Waals surface area contributed by atoms with Crippen LogP contribution >= 0.6 is 0 Å². The van der Waals surface area contributed by atoms with Gasteiger partial charge in [0.2, 0.25) is 0 Å². The van der Waals surface area contributed by atoms with Crippen molar-refractivity contribution < 1.29 is 4.74 Å². The van der Waals surface area contributed by atoms with Crippen LogP contribution < -0.4 is 10.6 Å². The van der Waals surface area contributed by atoms with E-state index in [-0.39, 0.29) is 5.60 Å². The molecule has 2 N–H and O–H groups in total. The van der Waals surface area contributed by atoms with Crippen LogP contribution in [0.5, 0.6) is 0 Å². The number of ether oxygens (including phenoxy) is 1. The van der Waals surface area contributed by atoms with E-state index >= 15 is 0 Å². The summed E-state index contributed by atoms with van der Waals surface area (Å²) < 4.78 is 5.70. The Bertz CT molecular complexity index is 288. The van der Waals surface area contributed by atoms with Gasteiger partial charge >= 0.3 is 0 Å². The zero-order valence-electron chi connectivity index (χ0n) is 10.9. The minimum Gasteiger partial charge on any atom is -0.373 e. The number of aliphatic imine (C=N–C) groups is 1. The molecule has 1 aliphatic heterocycles. The number of nitrogens with zero attached hydrogens (tertiary/aromatic N) is 1. The van der Waals surface area contributed by atoms with Gasteiger partial charge in [0, 0.05) is 26.1 Å². The highest BCUT2D eigenvalue weighted by atomic mass is 16.5. The number of guanidine groups is 1. The van der Waals surface area contributed by atoms with Crippen molar-refractivity contribution >= 4 is 5.96 Å². The maximum absolute atomic E-state index is 5.70. The molecule has 0 aliphatic carbocycles. The van der Waals surface area contributed by atoms with Gasteiger partial charge < -0.3 is 15.4 Å². The minimum atomic E-state index is -0.0888. The van der Waals surface area contributed by atoms with Gasteiger partial charge in [-0.05, 0) is 26.7 Å². The molecule has 1 fully saturated rings. The molecule has 0 amide bonds. The van der Waals surface area contributed by atoms with Crippen molar-refractivity contribution in [3.63, 3.8) is 0 Å². The van der Waals surface area contributed by atoms with Crippen molar-refractivity contribution in [2.24, 2.45) is 4.99 Å². The fraction of sp³-hybridized carbons (Fsp3) is 0.769. The summed E-state index contributed by atoms with van der Waals surface area (Å²) in [6, 6.07) is 0. The molecule has 4 nitrogen and oxygen atoms in total. The summed E-state index contributed by atoms with van der Waals surface area (Å²) in [5, 5.41) is 6.40. The van der Waals surface area contributed by atoms with Gasteiger partial charge in [0.15, 0.2) is 5.96 Å². The second kappa shape index (κ2) is 7.18. The van der Waals surface area contributed by atoms with E-state index in [1.165, 1.54) is 0 Å². The second-order valence-corrected chi connectivity index (χ2v) is 4.48. The van der Waals surface area contributed by atoms with Crippen LogP contribution in [-0.2, 0) is 4.74 Å². The van der Waals surface area contributed by atoms with Gasteiger partial charge in [-0.1, -0.05) is 0 Å². The third-order valence-corrected chi connectivity index (χ3v) is 2.78. The third-order valence-electron chi connectivity index (χ3n) is 2.78. The third kappa shape index (κ3) is 5.10. The molecule has 0 saturated carbocycles. The molecule has 1 aliphatic rings. The highest BCUT2D eigenvalue weighted by Crippen LogP contribution is 2.24. The normalized spacial score (nSPS) is 24.4. The molecule has 0 aromatic heterocycles. The van der Waals surface area contributed by atoms with E-state index in [1.807, 2.05) is 6.92 Å². The summed E-state index contributed by atoms with van der Waals surface area (Å²) >= 11 is 0. The van der Waals surface area contributed by atoms with Crippen LogP contribution in [0.15, 0.2) is 4.99 Å². The van der Waals surface area contributed by atoms with Crippen molar-refractivity contribution in [3.8, 4) is 12.3 Å². The van der Waals surface area contributed by atoms with Crippen LogP contribution in [0.2, 0.25) is 0 Å². The van der Waals surface area contributed by atoms with Crippen molar-refractivity contribution in [2.45, 2.75) is 38.7 Å². The Morgan fingerprint density at radius 1 is 1.53 bits per heavy atom. The van der Waals surface area contributed by atoms with E-state index in [9.17, 15) is 0 Å². The first kappa shape index (κ1) is 13.9. The van der Waals surface area contributed by atoms with Gasteiger partial charge in [-0.25, -0.2) is 0 Å². The summed E-state index contributed by atoms with van der Waals surface area (Å²) in [6.45, 7) is 7.31. The predicted molar refractivity (Wildman–Crippen MR) is 71.0 cm³/mol. The summed E-state index contributed by atoms with van der Waals surface area (Å²) in [5.74, 6) is 3.42. The van der Waals surface area contributed by atoms with Gasteiger partial charge in [-0.15, -0.1) is 12.3 Å². The van der Waals surface area contributed by atoms with Crippen molar-refractivity contribution in [1.82, 2.24) is 10.6 Å². The molecule has 1 rings (SSSR count). The van der Waals surface area contributed by atoms with Crippen molar-refractivity contribution in [1.29, 1.82) is 0 Å². The molecule has 0 bridgehead atoms. The Kier molecular flexibility index (Phi) is 5.85. The summed E-state index contributed by atoms with van der Waals surface area (Å²) in [7, 11) is 0. The van der Waals surface area contributed by atoms with Gasteiger partial charge in [0.05, 0.1) is 12.1 Å². The fourth-order valence-corrected chi connectivity index (χ4v) is 1.80. The second-order valence-electron chi connectivity index (χ2n) is 4.48.